The Kier molecular flexibility index (Phi) is 6.17. The van der Waals surface area contributed by atoms with E-state index in [1.807, 2.05) is 0 Å². The molecule has 174 valence electrons. The molecule has 3 N–H and O–H groups in total. The first-order valence-electron chi connectivity index (χ1n) is 13.1. The van der Waals surface area contributed by atoms with Gasteiger partial charge in [0.2, 0.25) is 0 Å². The Hall–Kier alpha value is -0.120. The molecule has 0 unspecified atom stereocenters. The van der Waals surface area contributed by atoms with E-state index in [9.17, 15) is 15.3 Å². The van der Waals surface area contributed by atoms with E-state index < -0.39 is 17.8 Å². The second kappa shape index (κ2) is 8.03. The summed E-state index contributed by atoms with van der Waals surface area (Å²) in [5.74, 6) is 4.13. The second-order valence-corrected chi connectivity index (χ2v) is 12.9. The number of hydrogen-bond donors (Lipinski definition) is 3. The summed E-state index contributed by atoms with van der Waals surface area (Å²) < 4.78 is 0. The SMILES string of the molecule is CC(C)CCC[C@H](C)[C@H]1CC[C@@H]2[C@H]3C[C@H](O)[C@@]4(O)C[C@@H](O)CC[C@]4(C)[C@H]3CC[C@@]21C. The molecule has 0 bridgehead atoms. The lowest BCUT2D eigenvalue weighted by molar-refractivity contribution is -0.264. The van der Waals surface area contributed by atoms with Gasteiger partial charge in [0.05, 0.1) is 17.8 Å². The minimum Gasteiger partial charge on any atom is -0.393 e. The highest BCUT2D eigenvalue weighted by molar-refractivity contribution is 5.17. The van der Waals surface area contributed by atoms with Gasteiger partial charge in [-0.25, -0.2) is 0 Å². The van der Waals surface area contributed by atoms with E-state index in [1.165, 1.54) is 44.9 Å². The van der Waals surface area contributed by atoms with E-state index >= 15 is 0 Å². The molecule has 4 aliphatic carbocycles. The van der Waals surface area contributed by atoms with Crippen molar-refractivity contribution in [1.82, 2.24) is 0 Å². The van der Waals surface area contributed by atoms with Gasteiger partial charge in [-0.2, -0.15) is 0 Å². The van der Waals surface area contributed by atoms with Gasteiger partial charge >= 0.3 is 0 Å². The number of fused-ring (bicyclic) bond motifs is 5. The van der Waals surface area contributed by atoms with Crippen molar-refractivity contribution in [3.63, 3.8) is 0 Å². The minimum absolute atomic E-state index is 0.253. The highest BCUT2D eigenvalue weighted by Crippen LogP contribution is 2.69. The third-order valence-electron chi connectivity index (χ3n) is 11.0. The van der Waals surface area contributed by atoms with E-state index in [2.05, 4.69) is 34.6 Å². The molecule has 0 aromatic carbocycles. The quantitative estimate of drug-likeness (QED) is 0.546. The Morgan fingerprint density at radius 3 is 2.33 bits per heavy atom. The summed E-state index contributed by atoms with van der Waals surface area (Å²) in [7, 11) is 0. The molecule has 0 aromatic heterocycles. The lowest BCUT2D eigenvalue weighted by Crippen LogP contribution is -2.68. The van der Waals surface area contributed by atoms with Crippen LogP contribution >= 0.6 is 0 Å². The van der Waals surface area contributed by atoms with Crippen molar-refractivity contribution < 1.29 is 15.3 Å². The predicted octanol–water partition coefficient (Wildman–Crippen LogP) is 5.55. The molecule has 0 amide bonds. The Balaban J connectivity index is 1.53. The smallest absolute Gasteiger partial charge is 0.0985 e. The van der Waals surface area contributed by atoms with Gasteiger partial charge < -0.3 is 15.3 Å². The molecule has 0 aromatic rings. The predicted molar refractivity (Wildman–Crippen MR) is 122 cm³/mol. The summed E-state index contributed by atoms with van der Waals surface area (Å²) in [5.41, 5.74) is -0.962. The van der Waals surface area contributed by atoms with Gasteiger partial charge in [-0.3, -0.25) is 0 Å². The maximum Gasteiger partial charge on any atom is 0.0985 e. The van der Waals surface area contributed by atoms with Crippen LogP contribution in [0, 0.1) is 46.3 Å². The van der Waals surface area contributed by atoms with E-state index in [-0.39, 0.29) is 5.41 Å². The first-order valence-corrected chi connectivity index (χ1v) is 13.1. The van der Waals surface area contributed by atoms with Crippen LogP contribution in [0.4, 0.5) is 0 Å². The van der Waals surface area contributed by atoms with Crippen molar-refractivity contribution in [2.24, 2.45) is 46.3 Å². The summed E-state index contributed by atoms with van der Waals surface area (Å²) in [4.78, 5) is 0. The lowest BCUT2D eigenvalue weighted by atomic mass is 9.42. The van der Waals surface area contributed by atoms with Crippen molar-refractivity contribution in [3.8, 4) is 0 Å². The van der Waals surface area contributed by atoms with E-state index in [0.29, 0.717) is 29.6 Å². The summed E-state index contributed by atoms with van der Waals surface area (Å²) in [5, 5.41) is 33.0. The molecule has 0 saturated heterocycles. The number of hydrogen-bond acceptors (Lipinski definition) is 3. The lowest BCUT2D eigenvalue weighted by Gasteiger charge is -2.65. The summed E-state index contributed by atoms with van der Waals surface area (Å²) in [6, 6.07) is 0. The summed E-state index contributed by atoms with van der Waals surface area (Å²) in [6.45, 7) is 12.0. The maximum absolute atomic E-state index is 11.6. The third kappa shape index (κ3) is 3.41. The van der Waals surface area contributed by atoms with Gasteiger partial charge in [0.1, 0.15) is 0 Å². The molecule has 10 atom stereocenters. The van der Waals surface area contributed by atoms with Crippen LogP contribution in [0.15, 0.2) is 0 Å². The van der Waals surface area contributed by atoms with Gasteiger partial charge in [0.25, 0.3) is 0 Å². The summed E-state index contributed by atoms with van der Waals surface area (Å²) >= 11 is 0. The molecule has 3 heteroatoms. The molecule has 4 fully saturated rings. The normalized spacial score (nSPS) is 51.9. The zero-order chi connectivity index (χ0) is 21.9. The average molecular weight is 421 g/mol. The number of rotatable bonds is 5. The van der Waals surface area contributed by atoms with Crippen LogP contribution in [0.25, 0.3) is 0 Å². The fourth-order valence-corrected chi connectivity index (χ4v) is 9.29. The van der Waals surface area contributed by atoms with E-state index in [1.54, 1.807) is 0 Å². The zero-order valence-corrected chi connectivity index (χ0v) is 20.2. The molecule has 3 nitrogen and oxygen atoms in total. The first kappa shape index (κ1) is 23.1. The fourth-order valence-electron chi connectivity index (χ4n) is 9.29. The molecule has 4 aliphatic rings. The van der Waals surface area contributed by atoms with Crippen LogP contribution in [0.3, 0.4) is 0 Å². The van der Waals surface area contributed by atoms with Gasteiger partial charge in [0, 0.05) is 11.8 Å². The first-order chi connectivity index (χ1) is 14.0. The topological polar surface area (TPSA) is 60.7 Å². The van der Waals surface area contributed by atoms with Crippen molar-refractivity contribution >= 4 is 0 Å². The molecular weight excluding hydrogens is 372 g/mol. The second-order valence-electron chi connectivity index (χ2n) is 12.9. The Morgan fingerprint density at radius 2 is 1.63 bits per heavy atom. The zero-order valence-electron chi connectivity index (χ0n) is 20.2. The minimum atomic E-state index is -1.11. The largest absolute Gasteiger partial charge is 0.393 e. The van der Waals surface area contributed by atoms with E-state index in [4.69, 9.17) is 0 Å². The number of aliphatic hydroxyl groups excluding tert-OH is 2. The van der Waals surface area contributed by atoms with Crippen LogP contribution < -0.4 is 0 Å². The van der Waals surface area contributed by atoms with Gasteiger partial charge in [-0.05, 0) is 85.9 Å². The Bertz CT molecular complexity index is 619. The molecule has 4 saturated carbocycles. The van der Waals surface area contributed by atoms with Gasteiger partial charge in [0.15, 0.2) is 0 Å². The molecule has 0 aliphatic heterocycles. The highest BCUT2D eigenvalue weighted by Gasteiger charge is 2.67. The Morgan fingerprint density at radius 1 is 0.900 bits per heavy atom. The molecule has 0 radical (unpaired) electrons. The van der Waals surface area contributed by atoms with Crippen molar-refractivity contribution in [1.29, 1.82) is 0 Å². The van der Waals surface area contributed by atoms with Crippen molar-refractivity contribution in [3.05, 3.63) is 0 Å². The fraction of sp³-hybridized carbons (Fsp3) is 1.00. The van der Waals surface area contributed by atoms with Gasteiger partial charge in [-0.1, -0.05) is 53.9 Å². The molecule has 4 rings (SSSR count). The highest BCUT2D eigenvalue weighted by atomic mass is 16.3. The maximum atomic E-state index is 11.6. The third-order valence-corrected chi connectivity index (χ3v) is 11.0. The van der Waals surface area contributed by atoms with Crippen LogP contribution in [0.2, 0.25) is 0 Å². The molecule has 0 spiro atoms. The average Bonchev–Trinajstić information content (AvgIpc) is 3.01. The van der Waals surface area contributed by atoms with Crippen molar-refractivity contribution in [2.45, 2.75) is 123 Å². The van der Waals surface area contributed by atoms with Crippen molar-refractivity contribution in [2.75, 3.05) is 0 Å². The molecule has 0 heterocycles. The van der Waals surface area contributed by atoms with Crippen LogP contribution in [0.1, 0.15) is 105 Å². The van der Waals surface area contributed by atoms with Crippen LogP contribution in [-0.2, 0) is 0 Å². The standard InChI is InChI=1S/C27H48O3/c1-17(2)7-6-8-18(3)21-9-10-22-20-15-24(29)27(30)16-19(28)11-14-26(27,5)23(20)12-13-25(21,22)4/h17-24,28-30H,6-16H2,1-5H3/t18-,19-,20+,21+,22+,23-,24-,25+,26+,27-/m0/s1. The monoisotopic (exact) mass is 420 g/mol. The van der Waals surface area contributed by atoms with Gasteiger partial charge in [-0.15, -0.1) is 0 Å². The summed E-state index contributed by atoms with van der Waals surface area (Å²) in [6.07, 6.45) is 10.7. The molecular formula is C27H48O3. The van der Waals surface area contributed by atoms with Crippen LogP contribution in [0.5, 0.6) is 0 Å². The Labute approximate surface area is 185 Å². The van der Waals surface area contributed by atoms with Crippen LogP contribution in [-0.4, -0.2) is 33.1 Å². The van der Waals surface area contributed by atoms with E-state index in [0.717, 1.165) is 37.0 Å². The number of aliphatic hydroxyl groups is 3. The molecule has 30 heavy (non-hydrogen) atoms.